The van der Waals surface area contributed by atoms with Crippen LogP contribution in [0.25, 0.3) is 0 Å². The summed E-state index contributed by atoms with van der Waals surface area (Å²) in [6.45, 7) is 5.57. The van der Waals surface area contributed by atoms with Gasteiger partial charge in [0.1, 0.15) is 6.10 Å². The molecule has 38 heavy (non-hydrogen) atoms. The number of nitrogens with zero attached hydrogens (tertiary/aromatic N) is 2. The van der Waals surface area contributed by atoms with Crippen LogP contribution in [0.4, 0.5) is 26.3 Å². The Morgan fingerprint density at radius 1 is 1.13 bits per heavy atom. The Labute approximate surface area is 217 Å². The normalized spacial score (nSPS) is 21.4. The number of ether oxygens (including phenoxy) is 2. The van der Waals surface area contributed by atoms with Crippen LogP contribution in [-0.4, -0.2) is 75.8 Å². The molecule has 212 valence electrons. The largest absolute Gasteiger partial charge is 0.490 e. The third kappa shape index (κ3) is 9.85. The number of aliphatic carboxylic acids is 2. The van der Waals surface area contributed by atoms with Crippen molar-refractivity contribution in [2.24, 2.45) is 0 Å². The minimum Gasteiger partial charge on any atom is -0.475 e. The van der Waals surface area contributed by atoms with Gasteiger partial charge in [-0.3, -0.25) is 9.88 Å². The highest BCUT2D eigenvalue weighted by atomic mass is 32.1. The van der Waals surface area contributed by atoms with Gasteiger partial charge in [-0.1, -0.05) is 6.07 Å². The molecule has 0 amide bonds. The number of fused-ring (bicyclic) bond motifs is 1. The summed E-state index contributed by atoms with van der Waals surface area (Å²) in [5.41, 5.74) is 2.38. The Balaban J connectivity index is 0.000000301. The number of carboxylic acids is 2. The van der Waals surface area contributed by atoms with Crippen molar-refractivity contribution in [2.75, 3.05) is 13.2 Å². The molecule has 2 N–H and O–H groups in total. The number of aryl methyl sites for hydroxylation is 1. The molecule has 4 heterocycles. The number of hydrogen-bond acceptors (Lipinski definition) is 7. The van der Waals surface area contributed by atoms with Crippen LogP contribution in [0.15, 0.2) is 35.8 Å². The molecule has 0 radical (unpaired) electrons. The average Bonchev–Trinajstić information content (AvgIpc) is 3.41. The number of pyridine rings is 1. The van der Waals surface area contributed by atoms with Crippen LogP contribution in [-0.2, 0) is 32.2 Å². The van der Waals surface area contributed by atoms with E-state index in [2.05, 4.69) is 28.3 Å². The van der Waals surface area contributed by atoms with Crippen LogP contribution in [0.3, 0.4) is 0 Å². The highest BCUT2D eigenvalue weighted by molar-refractivity contribution is 7.10. The molecule has 2 aromatic heterocycles. The number of thiophene rings is 1. The molecule has 2 aromatic rings. The fourth-order valence-electron chi connectivity index (χ4n) is 3.76. The predicted molar refractivity (Wildman–Crippen MR) is 122 cm³/mol. The third-order valence-corrected chi connectivity index (χ3v) is 6.56. The van der Waals surface area contributed by atoms with Gasteiger partial charge in [-0.15, -0.1) is 11.3 Å². The topological polar surface area (TPSA) is 109 Å². The van der Waals surface area contributed by atoms with Gasteiger partial charge >= 0.3 is 24.3 Å². The van der Waals surface area contributed by atoms with E-state index in [-0.39, 0.29) is 12.2 Å². The summed E-state index contributed by atoms with van der Waals surface area (Å²) >= 11 is 1.85. The van der Waals surface area contributed by atoms with E-state index in [1.54, 1.807) is 0 Å². The number of likely N-dealkylation sites (tertiary alicyclic amines) is 1. The number of hydrogen-bond donors (Lipinski definition) is 2. The minimum atomic E-state index is -5.08. The van der Waals surface area contributed by atoms with Crippen molar-refractivity contribution in [3.05, 3.63) is 52.0 Å². The highest BCUT2D eigenvalue weighted by Crippen LogP contribution is 2.33. The number of rotatable bonds is 5. The maximum absolute atomic E-state index is 10.6. The zero-order chi connectivity index (χ0) is 28.5. The third-order valence-electron chi connectivity index (χ3n) is 5.55. The molecular weight excluding hydrogens is 546 g/mol. The van der Waals surface area contributed by atoms with Crippen molar-refractivity contribution in [3.8, 4) is 0 Å². The second-order valence-electron chi connectivity index (χ2n) is 8.28. The first-order valence-corrected chi connectivity index (χ1v) is 12.1. The summed E-state index contributed by atoms with van der Waals surface area (Å²) in [7, 11) is 0. The molecule has 0 spiro atoms. The number of aromatic nitrogens is 1. The van der Waals surface area contributed by atoms with Gasteiger partial charge in [0.15, 0.2) is 0 Å². The van der Waals surface area contributed by atoms with Crippen LogP contribution in [0, 0.1) is 6.92 Å². The lowest BCUT2D eigenvalue weighted by Gasteiger charge is -2.32. The molecule has 0 unspecified atom stereocenters. The minimum absolute atomic E-state index is 0.137. The summed E-state index contributed by atoms with van der Waals surface area (Å²) in [4.78, 5) is 26.2. The summed E-state index contributed by atoms with van der Waals surface area (Å²) in [6, 6.07) is 8.64. The van der Waals surface area contributed by atoms with Crippen molar-refractivity contribution in [3.63, 3.8) is 0 Å². The van der Waals surface area contributed by atoms with Gasteiger partial charge < -0.3 is 19.7 Å². The molecule has 0 aromatic carbocycles. The first-order chi connectivity index (χ1) is 17.7. The molecule has 2 aliphatic rings. The lowest BCUT2D eigenvalue weighted by Crippen LogP contribution is -2.41. The van der Waals surface area contributed by atoms with E-state index in [0.29, 0.717) is 12.6 Å². The quantitative estimate of drug-likeness (QED) is 0.498. The van der Waals surface area contributed by atoms with Crippen molar-refractivity contribution in [1.82, 2.24) is 9.88 Å². The summed E-state index contributed by atoms with van der Waals surface area (Å²) in [6.07, 6.45) is -5.66. The summed E-state index contributed by atoms with van der Waals surface area (Å²) in [5.74, 6) is -5.51. The number of alkyl halides is 6. The summed E-state index contributed by atoms with van der Waals surface area (Å²) in [5, 5.41) is 16.4. The lowest BCUT2D eigenvalue weighted by atomic mass is 10.0. The van der Waals surface area contributed by atoms with Gasteiger partial charge in [0.25, 0.3) is 0 Å². The Kier molecular flexibility index (Phi) is 11.5. The van der Waals surface area contributed by atoms with Gasteiger partial charge in [-0.05, 0) is 48.9 Å². The van der Waals surface area contributed by atoms with E-state index in [1.807, 2.05) is 35.7 Å². The molecule has 3 atom stereocenters. The zero-order valence-corrected chi connectivity index (χ0v) is 20.9. The maximum Gasteiger partial charge on any atom is 0.490 e. The van der Waals surface area contributed by atoms with Crippen molar-refractivity contribution in [1.29, 1.82) is 0 Å². The second kappa shape index (κ2) is 13.9. The van der Waals surface area contributed by atoms with E-state index in [4.69, 9.17) is 29.3 Å². The number of carboxylic acid groups (broad SMARTS) is 2. The second-order valence-corrected chi connectivity index (χ2v) is 9.28. The fourth-order valence-corrected chi connectivity index (χ4v) is 4.69. The molecule has 2 aliphatic heterocycles. The van der Waals surface area contributed by atoms with E-state index in [0.717, 1.165) is 31.8 Å². The van der Waals surface area contributed by atoms with Gasteiger partial charge in [0, 0.05) is 36.8 Å². The van der Waals surface area contributed by atoms with Crippen molar-refractivity contribution >= 4 is 23.3 Å². The lowest BCUT2D eigenvalue weighted by molar-refractivity contribution is -0.193. The van der Waals surface area contributed by atoms with E-state index in [9.17, 15) is 26.3 Å². The van der Waals surface area contributed by atoms with E-state index < -0.39 is 24.3 Å². The van der Waals surface area contributed by atoms with Gasteiger partial charge in [0.05, 0.1) is 18.4 Å². The standard InChI is InChI=1S/C19H24N2O2S.2C2HF3O2/c1-14-7-10-24-18(14)12-21-11-17(19-16(21)6-4-9-22-19)23-13-15-5-2-3-8-20-15;2*3-2(4,5)1(6)7/h2-3,5,7-8,10,16-17,19H,4,6,9,11-13H2,1H3;2*(H,6,7)/t16-,17+,19+;;/m1../s1. The Morgan fingerprint density at radius 2 is 1.76 bits per heavy atom. The smallest absolute Gasteiger partial charge is 0.475 e. The van der Waals surface area contributed by atoms with Gasteiger partial charge in [-0.2, -0.15) is 26.3 Å². The molecule has 0 bridgehead atoms. The van der Waals surface area contributed by atoms with Gasteiger partial charge in [-0.25, -0.2) is 9.59 Å². The molecule has 15 heteroatoms. The van der Waals surface area contributed by atoms with Crippen LogP contribution in [0.5, 0.6) is 0 Å². The van der Waals surface area contributed by atoms with Crippen molar-refractivity contribution in [2.45, 2.75) is 63.5 Å². The molecule has 2 saturated heterocycles. The average molecular weight is 573 g/mol. The van der Waals surface area contributed by atoms with E-state index in [1.165, 1.54) is 16.9 Å². The van der Waals surface area contributed by atoms with Crippen molar-refractivity contribution < 1.29 is 55.6 Å². The van der Waals surface area contributed by atoms with Crippen LogP contribution in [0.2, 0.25) is 0 Å². The molecule has 8 nitrogen and oxygen atoms in total. The van der Waals surface area contributed by atoms with Crippen LogP contribution in [0.1, 0.15) is 29.0 Å². The Morgan fingerprint density at radius 3 is 2.26 bits per heavy atom. The number of carbonyl (C=O) groups is 2. The first-order valence-electron chi connectivity index (χ1n) is 11.2. The summed E-state index contributed by atoms with van der Waals surface area (Å²) < 4.78 is 75.8. The monoisotopic (exact) mass is 572 g/mol. The maximum atomic E-state index is 10.6. The molecule has 0 saturated carbocycles. The van der Waals surface area contributed by atoms with Crippen LogP contribution < -0.4 is 0 Å². The van der Waals surface area contributed by atoms with Gasteiger partial charge in [0.2, 0.25) is 0 Å². The molecule has 0 aliphatic carbocycles. The molecule has 2 fully saturated rings. The molecule has 4 rings (SSSR count). The van der Waals surface area contributed by atoms with Crippen LogP contribution >= 0.6 is 11.3 Å². The SMILES string of the molecule is Cc1ccsc1CN1C[C@H](OCc2ccccn2)[C@H]2OCCC[C@H]21.O=C(O)C(F)(F)F.O=C(O)C(F)(F)F. The predicted octanol–water partition coefficient (Wildman–Crippen LogP) is 4.67. The Bertz CT molecular complexity index is 1010. The molecular formula is C23H26F6N2O6S. The highest BCUT2D eigenvalue weighted by Gasteiger charge is 2.44. The Hall–Kier alpha value is -2.75. The zero-order valence-electron chi connectivity index (χ0n) is 20.0. The first kappa shape index (κ1) is 31.5. The van der Waals surface area contributed by atoms with E-state index >= 15 is 0 Å². The fraction of sp³-hybridized carbons (Fsp3) is 0.522. The number of halogens is 6.